The monoisotopic (exact) mass is 536 g/mol. The predicted molar refractivity (Wildman–Crippen MR) is 148 cm³/mol. The van der Waals surface area contributed by atoms with Crippen LogP contribution < -0.4 is 4.90 Å². The maximum absolute atomic E-state index is 14.3. The number of halogens is 2. The van der Waals surface area contributed by atoms with E-state index in [1.54, 1.807) is 18.3 Å². The van der Waals surface area contributed by atoms with Crippen molar-refractivity contribution in [2.45, 2.75) is 45.8 Å². The van der Waals surface area contributed by atoms with E-state index in [2.05, 4.69) is 37.9 Å². The molecule has 200 valence electrons. The number of piperazine rings is 1. The molecule has 0 radical (unpaired) electrons. The number of rotatable bonds is 7. The molecular formula is C30H34ClFN4O2. The van der Waals surface area contributed by atoms with Gasteiger partial charge in [-0.05, 0) is 52.8 Å². The van der Waals surface area contributed by atoms with Crippen LogP contribution in [0, 0.1) is 5.82 Å². The molecule has 2 aliphatic rings. The van der Waals surface area contributed by atoms with Crippen LogP contribution in [0.2, 0.25) is 5.02 Å². The summed E-state index contributed by atoms with van der Waals surface area (Å²) in [4.78, 5) is 23.3. The van der Waals surface area contributed by atoms with Gasteiger partial charge in [-0.25, -0.2) is 14.2 Å². The zero-order valence-corrected chi connectivity index (χ0v) is 22.7. The summed E-state index contributed by atoms with van der Waals surface area (Å²) in [6.07, 6.45) is 2.65. The Morgan fingerprint density at radius 1 is 1.03 bits per heavy atom. The van der Waals surface area contributed by atoms with Crippen molar-refractivity contribution in [3.63, 3.8) is 0 Å². The number of carbonyl (C=O) groups is 1. The minimum atomic E-state index is -0.913. The zero-order valence-electron chi connectivity index (χ0n) is 22.0. The SMILES string of the molecule is CC(C)c1ccnc(N2CCN(Cc3ccc4c(c3)CCN(Cc3c(F)cccc3Cl)C4)CC2)c1C(=O)O. The largest absolute Gasteiger partial charge is 0.478 e. The number of aromatic nitrogens is 1. The van der Waals surface area contributed by atoms with E-state index in [0.29, 0.717) is 28.5 Å². The molecule has 0 saturated carbocycles. The quantitative estimate of drug-likeness (QED) is 0.425. The van der Waals surface area contributed by atoms with Gasteiger partial charge < -0.3 is 10.0 Å². The lowest BCUT2D eigenvalue weighted by Gasteiger charge is -2.36. The highest BCUT2D eigenvalue weighted by Crippen LogP contribution is 2.29. The van der Waals surface area contributed by atoms with E-state index in [4.69, 9.17) is 11.6 Å². The zero-order chi connectivity index (χ0) is 26.8. The molecule has 1 fully saturated rings. The minimum Gasteiger partial charge on any atom is -0.478 e. The van der Waals surface area contributed by atoms with Gasteiger partial charge >= 0.3 is 5.97 Å². The fourth-order valence-electron chi connectivity index (χ4n) is 5.59. The first-order valence-corrected chi connectivity index (χ1v) is 13.6. The minimum absolute atomic E-state index is 0.123. The smallest absolute Gasteiger partial charge is 0.339 e. The predicted octanol–water partition coefficient (Wildman–Crippen LogP) is 5.58. The van der Waals surface area contributed by atoms with Crippen molar-refractivity contribution in [2.24, 2.45) is 0 Å². The van der Waals surface area contributed by atoms with Crippen LogP contribution in [-0.4, -0.2) is 58.6 Å². The Hall–Kier alpha value is -3.00. The highest BCUT2D eigenvalue weighted by atomic mass is 35.5. The van der Waals surface area contributed by atoms with Crippen molar-refractivity contribution >= 4 is 23.4 Å². The number of hydrogen-bond donors (Lipinski definition) is 1. The molecule has 1 N–H and O–H groups in total. The molecule has 0 atom stereocenters. The summed E-state index contributed by atoms with van der Waals surface area (Å²) in [6, 6.07) is 13.4. The van der Waals surface area contributed by atoms with Gasteiger partial charge in [0.25, 0.3) is 0 Å². The van der Waals surface area contributed by atoms with Crippen LogP contribution in [0.4, 0.5) is 10.2 Å². The molecule has 0 bridgehead atoms. The Labute approximate surface area is 228 Å². The van der Waals surface area contributed by atoms with Gasteiger partial charge in [-0.15, -0.1) is 0 Å². The molecule has 38 heavy (non-hydrogen) atoms. The third-order valence-electron chi connectivity index (χ3n) is 7.68. The Kier molecular flexibility index (Phi) is 7.98. The molecule has 2 aromatic carbocycles. The molecule has 2 aliphatic heterocycles. The Bertz CT molecular complexity index is 1300. The average Bonchev–Trinajstić information content (AvgIpc) is 2.91. The second-order valence-electron chi connectivity index (χ2n) is 10.6. The first kappa shape index (κ1) is 26.6. The van der Waals surface area contributed by atoms with Crippen LogP contribution in [0.5, 0.6) is 0 Å². The molecule has 0 spiro atoms. The molecule has 5 rings (SSSR count). The highest BCUT2D eigenvalue weighted by molar-refractivity contribution is 6.31. The molecule has 3 aromatic rings. The lowest BCUT2D eigenvalue weighted by Crippen LogP contribution is -2.46. The normalized spacial score (nSPS) is 16.6. The standard InChI is InChI=1S/C30H34ClFN4O2/c1-20(2)24-8-10-33-29(28(24)30(37)38)36-14-12-34(13-15-36)17-21-6-7-23-18-35(11-9-22(23)16-21)19-25-26(31)4-3-5-27(25)32/h3-8,10,16,20H,9,11-15,17-19H2,1-2H3,(H,37,38). The van der Waals surface area contributed by atoms with E-state index in [1.165, 1.54) is 22.8 Å². The lowest BCUT2D eigenvalue weighted by molar-refractivity contribution is 0.0695. The number of carboxylic acid groups (broad SMARTS) is 1. The van der Waals surface area contributed by atoms with Gasteiger partial charge in [0.15, 0.2) is 0 Å². The number of pyridine rings is 1. The maximum atomic E-state index is 14.3. The number of benzene rings is 2. The summed E-state index contributed by atoms with van der Waals surface area (Å²) >= 11 is 6.24. The number of carboxylic acids is 1. The molecule has 0 amide bonds. The van der Waals surface area contributed by atoms with E-state index >= 15 is 0 Å². The van der Waals surface area contributed by atoms with Gasteiger partial charge in [0.1, 0.15) is 17.2 Å². The fourth-order valence-corrected chi connectivity index (χ4v) is 5.81. The van der Waals surface area contributed by atoms with E-state index in [0.717, 1.165) is 57.8 Å². The van der Waals surface area contributed by atoms with Crippen LogP contribution in [0.1, 0.15) is 57.9 Å². The van der Waals surface area contributed by atoms with Gasteiger partial charge in [-0.3, -0.25) is 9.80 Å². The van der Waals surface area contributed by atoms with Crippen molar-refractivity contribution in [1.82, 2.24) is 14.8 Å². The number of hydrogen-bond acceptors (Lipinski definition) is 5. The molecule has 0 aliphatic carbocycles. The van der Waals surface area contributed by atoms with Gasteiger partial charge in [-0.1, -0.05) is 49.7 Å². The Morgan fingerprint density at radius 3 is 2.53 bits per heavy atom. The molecule has 1 aromatic heterocycles. The lowest BCUT2D eigenvalue weighted by atomic mass is 9.96. The molecule has 6 nitrogen and oxygen atoms in total. The summed E-state index contributed by atoms with van der Waals surface area (Å²) in [7, 11) is 0. The summed E-state index contributed by atoms with van der Waals surface area (Å²) in [6.45, 7) is 10.2. The fraction of sp³-hybridized carbons (Fsp3) is 0.400. The summed E-state index contributed by atoms with van der Waals surface area (Å²) < 4.78 is 14.3. The van der Waals surface area contributed by atoms with Crippen LogP contribution in [0.3, 0.4) is 0 Å². The van der Waals surface area contributed by atoms with Crippen LogP contribution in [0.25, 0.3) is 0 Å². The summed E-state index contributed by atoms with van der Waals surface area (Å²) in [5.74, 6) is -0.457. The van der Waals surface area contributed by atoms with Crippen molar-refractivity contribution < 1.29 is 14.3 Å². The van der Waals surface area contributed by atoms with Crippen molar-refractivity contribution in [3.05, 3.63) is 92.9 Å². The van der Waals surface area contributed by atoms with Gasteiger partial charge in [-0.2, -0.15) is 0 Å². The van der Waals surface area contributed by atoms with Crippen LogP contribution >= 0.6 is 11.6 Å². The second-order valence-corrected chi connectivity index (χ2v) is 11.0. The topological polar surface area (TPSA) is 59.9 Å². The highest BCUT2D eigenvalue weighted by Gasteiger charge is 2.26. The number of aromatic carboxylic acids is 1. The van der Waals surface area contributed by atoms with Gasteiger partial charge in [0, 0.05) is 69.1 Å². The number of nitrogens with zero attached hydrogens (tertiary/aromatic N) is 4. The number of fused-ring (bicyclic) bond motifs is 1. The van der Waals surface area contributed by atoms with Crippen LogP contribution in [0.15, 0.2) is 48.7 Å². The maximum Gasteiger partial charge on any atom is 0.339 e. The van der Waals surface area contributed by atoms with E-state index in [1.807, 2.05) is 19.9 Å². The Morgan fingerprint density at radius 2 is 1.82 bits per heavy atom. The first-order valence-electron chi connectivity index (χ1n) is 13.3. The molecule has 1 saturated heterocycles. The molecule has 3 heterocycles. The van der Waals surface area contributed by atoms with Gasteiger partial charge in [0.2, 0.25) is 0 Å². The van der Waals surface area contributed by atoms with E-state index < -0.39 is 5.97 Å². The van der Waals surface area contributed by atoms with Gasteiger partial charge in [0.05, 0.1) is 0 Å². The first-order chi connectivity index (χ1) is 18.3. The second kappa shape index (κ2) is 11.4. The van der Waals surface area contributed by atoms with Crippen LogP contribution in [-0.2, 0) is 26.1 Å². The van der Waals surface area contributed by atoms with E-state index in [-0.39, 0.29) is 11.7 Å². The summed E-state index contributed by atoms with van der Waals surface area (Å²) in [5.41, 5.74) is 5.66. The Balaban J connectivity index is 1.20. The van der Waals surface area contributed by atoms with Crippen molar-refractivity contribution in [1.29, 1.82) is 0 Å². The van der Waals surface area contributed by atoms with Crippen molar-refractivity contribution in [2.75, 3.05) is 37.6 Å². The number of anilines is 1. The third kappa shape index (κ3) is 5.70. The molecular weight excluding hydrogens is 503 g/mol. The van der Waals surface area contributed by atoms with E-state index in [9.17, 15) is 14.3 Å². The van der Waals surface area contributed by atoms with Crippen molar-refractivity contribution in [3.8, 4) is 0 Å². The average molecular weight is 537 g/mol. The molecule has 0 unspecified atom stereocenters. The summed E-state index contributed by atoms with van der Waals surface area (Å²) in [5, 5.41) is 10.4. The molecule has 8 heteroatoms. The third-order valence-corrected chi connectivity index (χ3v) is 8.04.